The van der Waals surface area contributed by atoms with Gasteiger partial charge in [0.15, 0.2) is 11.5 Å². The second-order valence-electron chi connectivity index (χ2n) is 8.02. The van der Waals surface area contributed by atoms with Crippen LogP contribution < -0.4 is 14.8 Å². The molecule has 8 nitrogen and oxygen atoms in total. The normalized spacial score (nSPS) is 17.6. The van der Waals surface area contributed by atoms with E-state index in [0.717, 1.165) is 31.2 Å². The van der Waals surface area contributed by atoms with Crippen LogP contribution in [0.15, 0.2) is 42.0 Å². The number of methoxy groups -OCH3 is 1. The number of hydrogen-bond acceptors (Lipinski definition) is 6. The number of nitrogens with zero attached hydrogens (tertiary/aromatic N) is 2. The van der Waals surface area contributed by atoms with Gasteiger partial charge in [-0.2, -0.15) is 5.26 Å². The minimum Gasteiger partial charge on any atom is -0.493 e. The van der Waals surface area contributed by atoms with Gasteiger partial charge in [0.25, 0.3) is 11.8 Å². The maximum Gasteiger partial charge on any atom is 0.331 e. The third-order valence-corrected chi connectivity index (χ3v) is 6.70. The number of benzene rings is 2. The van der Waals surface area contributed by atoms with Crippen LogP contribution in [-0.2, 0) is 16.2 Å². The highest BCUT2D eigenvalue weighted by atomic mass is 127. The quantitative estimate of drug-likeness (QED) is 0.317. The first kappa shape index (κ1) is 23.8. The number of amides is 4. The lowest BCUT2D eigenvalue weighted by molar-refractivity contribution is -0.131. The predicted octanol–water partition coefficient (Wildman–Crippen LogP) is 4.15. The van der Waals surface area contributed by atoms with Crippen LogP contribution in [0.4, 0.5) is 4.79 Å². The van der Waals surface area contributed by atoms with Gasteiger partial charge < -0.3 is 9.47 Å². The molecule has 1 aliphatic carbocycles. The van der Waals surface area contributed by atoms with Crippen LogP contribution in [0.1, 0.15) is 42.4 Å². The number of nitrogens with one attached hydrogen (secondary N) is 1. The van der Waals surface area contributed by atoms with Crippen LogP contribution in [-0.4, -0.2) is 35.9 Å². The van der Waals surface area contributed by atoms with Crippen LogP contribution in [0.25, 0.3) is 6.08 Å². The molecule has 174 valence electrons. The summed E-state index contributed by atoms with van der Waals surface area (Å²) < 4.78 is 12.2. The number of carbonyl (C=O) groups excluding carboxylic acids is 3. The summed E-state index contributed by atoms with van der Waals surface area (Å²) in [6.45, 7) is 0.176. The van der Waals surface area contributed by atoms with Crippen LogP contribution in [0.5, 0.6) is 11.5 Å². The molecule has 2 aromatic carbocycles. The van der Waals surface area contributed by atoms with Crippen molar-refractivity contribution in [1.82, 2.24) is 10.2 Å². The standard InChI is InChI=1S/C25H22IN3O5/c1-33-21-12-15(11-20(26)22(21)34-14-17-7-3-2-6-16(17)13-27)10-19-23(30)28-25(32)29(24(19)31)18-8-4-5-9-18/h2-3,6-7,10-12,18H,4-5,8-9,14H2,1H3,(H,28,30,32)/b19-10+. The number of urea groups is 1. The van der Waals surface area contributed by atoms with E-state index in [1.807, 2.05) is 12.1 Å². The van der Waals surface area contributed by atoms with Gasteiger partial charge in [-0.05, 0) is 65.3 Å². The molecule has 9 heteroatoms. The molecule has 0 atom stereocenters. The highest BCUT2D eigenvalue weighted by molar-refractivity contribution is 14.1. The number of barbiturate groups is 1. The van der Waals surface area contributed by atoms with E-state index < -0.39 is 17.8 Å². The number of rotatable bonds is 6. The van der Waals surface area contributed by atoms with Gasteiger partial charge in [0, 0.05) is 11.6 Å². The molecule has 1 aliphatic heterocycles. The molecule has 2 fully saturated rings. The lowest BCUT2D eigenvalue weighted by Gasteiger charge is -2.31. The van der Waals surface area contributed by atoms with Crippen molar-refractivity contribution >= 4 is 46.5 Å². The van der Waals surface area contributed by atoms with Crippen LogP contribution in [0, 0.1) is 14.9 Å². The van der Waals surface area contributed by atoms with E-state index in [0.29, 0.717) is 26.2 Å². The summed E-state index contributed by atoms with van der Waals surface area (Å²) >= 11 is 2.09. The minimum atomic E-state index is -0.716. The molecule has 4 amide bonds. The maximum absolute atomic E-state index is 13.1. The summed E-state index contributed by atoms with van der Waals surface area (Å²) in [5.41, 5.74) is 1.74. The molecular weight excluding hydrogens is 549 g/mol. The largest absolute Gasteiger partial charge is 0.493 e. The van der Waals surface area contributed by atoms with E-state index in [1.165, 1.54) is 18.1 Å². The Morgan fingerprint density at radius 2 is 1.94 bits per heavy atom. The Balaban J connectivity index is 1.61. The fraction of sp³-hybridized carbons (Fsp3) is 0.280. The SMILES string of the molecule is COc1cc(/C=C2\C(=O)NC(=O)N(C3CCCC3)C2=O)cc(I)c1OCc1ccccc1C#N. The summed E-state index contributed by atoms with van der Waals surface area (Å²) in [4.78, 5) is 39.0. The molecule has 34 heavy (non-hydrogen) atoms. The van der Waals surface area contributed by atoms with Crippen molar-refractivity contribution in [3.05, 3.63) is 62.2 Å². The Bertz CT molecular complexity index is 1230. The number of hydrogen-bond donors (Lipinski definition) is 1. The van der Waals surface area contributed by atoms with Crippen molar-refractivity contribution < 1.29 is 23.9 Å². The molecule has 2 aliphatic rings. The number of nitriles is 1. The number of imide groups is 2. The topological polar surface area (TPSA) is 109 Å². The molecular formula is C25H22IN3O5. The molecule has 1 saturated carbocycles. The zero-order valence-electron chi connectivity index (χ0n) is 18.5. The Morgan fingerprint density at radius 1 is 1.21 bits per heavy atom. The summed E-state index contributed by atoms with van der Waals surface area (Å²) in [6, 6.07) is 11.9. The van der Waals surface area contributed by atoms with Crippen LogP contribution in [0.2, 0.25) is 0 Å². The first-order valence-electron chi connectivity index (χ1n) is 10.8. The molecule has 0 radical (unpaired) electrons. The molecule has 1 heterocycles. The van der Waals surface area contributed by atoms with Gasteiger partial charge in [-0.1, -0.05) is 31.0 Å². The number of halogens is 1. The van der Waals surface area contributed by atoms with E-state index >= 15 is 0 Å². The molecule has 4 rings (SSSR count). The molecule has 0 unspecified atom stereocenters. The summed E-state index contributed by atoms with van der Waals surface area (Å²) in [5.74, 6) is -0.393. The highest BCUT2D eigenvalue weighted by Gasteiger charge is 2.40. The van der Waals surface area contributed by atoms with Gasteiger partial charge in [-0.3, -0.25) is 19.8 Å². The Kier molecular flexibility index (Phi) is 7.17. The molecule has 0 bridgehead atoms. The predicted molar refractivity (Wildman–Crippen MR) is 132 cm³/mol. The van der Waals surface area contributed by atoms with Gasteiger partial charge in [-0.25, -0.2) is 4.79 Å². The van der Waals surface area contributed by atoms with Gasteiger partial charge in [0.05, 0.1) is 22.3 Å². The Hall–Kier alpha value is -3.39. The zero-order chi connectivity index (χ0) is 24.2. The molecule has 0 spiro atoms. The highest BCUT2D eigenvalue weighted by Crippen LogP contribution is 2.36. The smallest absolute Gasteiger partial charge is 0.331 e. The van der Waals surface area contributed by atoms with Crippen molar-refractivity contribution in [3.8, 4) is 17.6 Å². The van der Waals surface area contributed by atoms with E-state index in [1.54, 1.807) is 24.3 Å². The fourth-order valence-corrected chi connectivity index (χ4v) is 4.98. The third-order valence-electron chi connectivity index (χ3n) is 5.90. The Labute approximate surface area is 210 Å². The number of carbonyl (C=O) groups is 3. The molecule has 0 aromatic heterocycles. The van der Waals surface area contributed by atoms with E-state index in [-0.39, 0.29) is 18.2 Å². The van der Waals surface area contributed by atoms with Crippen molar-refractivity contribution in [2.24, 2.45) is 0 Å². The van der Waals surface area contributed by atoms with Crippen molar-refractivity contribution in [2.45, 2.75) is 38.3 Å². The van der Waals surface area contributed by atoms with E-state index in [2.05, 4.69) is 34.0 Å². The lowest BCUT2D eigenvalue weighted by Crippen LogP contribution is -2.57. The average molecular weight is 571 g/mol. The average Bonchev–Trinajstić information content (AvgIpc) is 3.35. The van der Waals surface area contributed by atoms with Gasteiger partial charge in [0.2, 0.25) is 0 Å². The first-order chi connectivity index (χ1) is 16.4. The van der Waals surface area contributed by atoms with Crippen molar-refractivity contribution in [1.29, 1.82) is 5.26 Å². The zero-order valence-corrected chi connectivity index (χ0v) is 20.6. The molecule has 2 aromatic rings. The van der Waals surface area contributed by atoms with E-state index in [4.69, 9.17) is 9.47 Å². The van der Waals surface area contributed by atoms with Crippen LogP contribution >= 0.6 is 22.6 Å². The molecule has 1 N–H and O–H groups in total. The van der Waals surface area contributed by atoms with Crippen LogP contribution in [0.3, 0.4) is 0 Å². The second kappa shape index (κ2) is 10.3. The second-order valence-corrected chi connectivity index (χ2v) is 9.18. The Morgan fingerprint density at radius 3 is 2.65 bits per heavy atom. The summed E-state index contributed by atoms with van der Waals surface area (Å²) in [5, 5.41) is 11.6. The third kappa shape index (κ3) is 4.77. The van der Waals surface area contributed by atoms with E-state index in [9.17, 15) is 19.6 Å². The van der Waals surface area contributed by atoms with Crippen molar-refractivity contribution in [3.63, 3.8) is 0 Å². The summed E-state index contributed by atoms with van der Waals surface area (Å²) in [7, 11) is 1.50. The lowest BCUT2D eigenvalue weighted by atomic mass is 10.0. The fourth-order valence-electron chi connectivity index (χ4n) is 4.20. The molecule has 1 saturated heterocycles. The maximum atomic E-state index is 13.1. The first-order valence-corrected chi connectivity index (χ1v) is 11.9. The monoisotopic (exact) mass is 571 g/mol. The summed E-state index contributed by atoms with van der Waals surface area (Å²) in [6.07, 6.45) is 4.85. The minimum absolute atomic E-state index is 0.0963. The number of ether oxygens (including phenoxy) is 2. The van der Waals surface area contributed by atoms with Gasteiger partial charge in [-0.15, -0.1) is 0 Å². The van der Waals surface area contributed by atoms with Gasteiger partial charge in [0.1, 0.15) is 12.2 Å². The van der Waals surface area contributed by atoms with Crippen molar-refractivity contribution in [2.75, 3.05) is 7.11 Å². The van der Waals surface area contributed by atoms with Gasteiger partial charge >= 0.3 is 6.03 Å².